The fraction of sp³-hybridized carbons (Fsp3) is 0.280. The molecule has 1 aliphatic rings. The second-order valence-electron chi connectivity index (χ2n) is 8.23. The summed E-state index contributed by atoms with van der Waals surface area (Å²) in [6.07, 6.45) is 1.28. The zero-order chi connectivity index (χ0) is 22.7. The SMILES string of the molecule is Cc1ccc(N(C2CCN(Cc3cccc(F)c3)CC2)S(=O)(=O)c2ccc(F)cc2)cc1. The summed E-state index contributed by atoms with van der Waals surface area (Å²) >= 11 is 0. The third-order valence-corrected chi connectivity index (χ3v) is 7.74. The van der Waals surface area contributed by atoms with Gasteiger partial charge >= 0.3 is 0 Å². The van der Waals surface area contributed by atoms with Crippen molar-refractivity contribution in [2.75, 3.05) is 17.4 Å². The van der Waals surface area contributed by atoms with Crippen LogP contribution in [0.25, 0.3) is 0 Å². The first-order valence-electron chi connectivity index (χ1n) is 10.7. The molecule has 168 valence electrons. The number of likely N-dealkylation sites (tertiary alicyclic amines) is 1. The number of halogens is 2. The molecule has 0 aromatic heterocycles. The first kappa shape index (κ1) is 22.4. The fourth-order valence-electron chi connectivity index (χ4n) is 4.16. The highest BCUT2D eigenvalue weighted by Crippen LogP contribution is 2.31. The van der Waals surface area contributed by atoms with Gasteiger partial charge in [0.25, 0.3) is 10.0 Å². The molecule has 4 rings (SSSR count). The van der Waals surface area contributed by atoms with Gasteiger partial charge in [0, 0.05) is 25.7 Å². The Morgan fingerprint density at radius 1 is 0.906 bits per heavy atom. The van der Waals surface area contributed by atoms with Crippen LogP contribution in [-0.2, 0) is 16.6 Å². The minimum Gasteiger partial charge on any atom is -0.299 e. The van der Waals surface area contributed by atoms with Gasteiger partial charge in [-0.15, -0.1) is 0 Å². The zero-order valence-corrected chi connectivity index (χ0v) is 18.7. The topological polar surface area (TPSA) is 40.6 Å². The Hall–Kier alpha value is -2.77. The van der Waals surface area contributed by atoms with E-state index in [-0.39, 0.29) is 16.8 Å². The Balaban J connectivity index is 1.57. The summed E-state index contributed by atoms with van der Waals surface area (Å²) in [5.41, 5.74) is 2.54. The summed E-state index contributed by atoms with van der Waals surface area (Å²) < 4.78 is 55.6. The van der Waals surface area contributed by atoms with Gasteiger partial charge in [-0.25, -0.2) is 17.2 Å². The van der Waals surface area contributed by atoms with Crippen molar-refractivity contribution in [2.45, 2.75) is 37.2 Å². The molecule has 1 saturated heterocycles. The number of piperidine rings is 1. The van der Waals surface area contributed by atoms with Crippen LogP contribution in [0.15, 0.2) is 77.7 Å². The lowest BCUT2D eigenvalue weighted by molar-refractivity contribution is 0.206. The largest absolute Gasteiger partial charge is 0.299 e. The van der Waals surface area contributed by atoms with Gasteiger partial charge in [0.1, 0.15) is 11.6 Å². The number of rotatable bonds is 6. The number of hydrogen-bond donors (Lipinski definition) is 0. The lowest BCUT2D eigenvalue weighted by atomic mass is 10.0. The molecule has 0 N–H and O–H groups in total. The quantitative estimate of drug-likeness (QED) is 0.516. The highest BCUT2D eigenvalue weighted by atomic mass is 32.2. The molecule has 1 heterocycles. The third-order valence-electron chi connectivity index (χ3n) is 5.84. The van der Waals surface area contributed by atoms with Gasteiger partial charge in [-0.05, 0) is 73.9 Å². The maximum atomic E-state index is 13.6. The molecule has 3 aromatic carbocycles. The first-order chi connectivity index (χ1) is 15.3. The normalized spacial score (nSPS) is 15.6. The monoisotopic (exact) mass is 456 g/mol. The van der Waals surface area contributed by atoms with Crippen molar-refractivity contribution in [2.24, 2.45) is 0 Å². The second-order valence-corrected chi connectivity index (χ2v) is 10.0. The molecule has 0 bridgehead atoms. The van der Waals surface area contributed by atoms with Crippen LogP contribution in [0, 0.1) is 18.6 Å². The van der Waals surface area contributed by atoms with Crippen LogP contribution in [0.1, 0.15) is 24.0 Å². The van der Waals surface area contributed by atoms with E-state index in [0.29, 0.717) is 38.2 Å². The van der Waals surface area contributed by atoms with E-state index in [0.717, 1.165) is 11.1 Å². The van der Waals surface area contributed by atoms with Crippen molar-refractivity contribution >= 4 is 15.7 Å². The number of anilines is 1. The highest BCUT2D eigenvalue weighted by molar-refractivity contribution is 7.92. The minimum absolute atomic E-state index is 0.0710. The van der Waals surface area contributed by atoms with Crippen LogP contribution in [0.5, 0.6) is 0 Å². The minimum atomic E-state index is -3.87. The van der Waals surface area contributed by atoms with Crippen LogP contribution >= 0.6 is 0 Å². The molecule has 0 spiro atoms. The van der Waals surface area contributed by atoms with E-state index in [1.807, 2.05) is 37.3 Å². The fourth-order valence-corrected chi connectivity index (χ4v) is 5.87. The summed E-state index contributed by atoms with van der Waals surface area (Å²) in [5.74, 6) is -0.732. The predicted octanol–water partition coefficient (Wildman–Crippen LogP) is 5.13. The molecule has 3 aromatic rings. The smallest absolute Gasteiger partial charge is 0.264 e. The van der Waals surface area contributed by atoms with E-state index in [1.165, 1.54) is 40.7 Å². The molecule has 0 atom stereocenters. The van der Waals surface area contributed by atoms with Crippen LogP contribution in [0.2, 0.25) is 0 Å². The Morgan fingerprint density at radius 3 is 2.19 bits per heavy atom. The summed E-state index contributed by atoms with van der Waals surface area (Å²) in [4.78, 5) is 2.28. The van der Waals surface area contributed by atoms with Gasteiger partial charge in [0.05, 0.1) is 10.6 Å². The number of benzene rings is 3. The van der Waals surface area contributed by atoms with Crippen molar-refractivity contribution < 1.29 is 17.2 Å². The van der Waals surface area contributed by atoms with E-state index in [4.69, 9.17) is 0 Å². The van der Waals surface area contributed by atoms with Crippen LogP contribution < -0.4 is 4.31 Å². The third kappa shape index (κ3) is 5.00. The van der Waals surface area contributed by atoms with E-state index in [9.17, 15) is 17.2 Å². The molecule has 0 aliphatic carbocycles. The van der Waals surface area contributed by atoms with Gasteiger partial charge in [-0.3, -0.25) is 9.21 Å². The van der Waals surface area contributed by atoms with Crippen molar-refractivity contribution in [3.63, 3.8) is 0 Å². The van der Waals surface area contributed by atoms with E-state index >= 15 is 0 Å². The molecule has 4 nitrogen and oxygen atoms in total. The van der Waals surface area contributed by atoms with Gasteiger partial charge < -0.3 is 0 Å². The van der Waals surface area contributed by atoms with Crippen molar-refractivity contribution in [3.8, 4) is 0 Å². The standard InChI is InChI=1S/C25H26F2N2O2S/c1-19-5-9-23(10-6-19)29(32(30,31)25-11-7-21(26)8-12-25)24-13-15-28(16-14-24)18-20-3-2-4-22(27)17-20/h2-12,17,24H,13-16,18H2,1H3. The maximum absolute atomic E-state index is 13.6. The zero-order valence-electron chi connectivity index (χ0n) is 17.9. The first-order valence-corrected chi connectivity index (χ1v) is 12.1. The average Bonchev–Trinajstić information content (AvgIpc) is 2.77. The highest BCUT2D eigenvalue weighted by Gasteiger charge is 2.34. The van der Waals surface area contributed by atoms with Crippen molar-refractivity contribution in [3.05, 3.63) is 95.6 Å². The molecule has 32 heavy (non-hydrogen) atoms. The molecule has 0 amide bonds. The number of hydrogen-bond acceptors (Lipinski definition) is 3. The Labute approximate surface area is 188 Å². The van der Waals surface area contributed by atoms with Crippen molar-refractivity contribution in [1.29, 1.82) is 0 Å². The number of sulfonamides is 1. The lowest BCUT2D eigenvalue weighted by Gasteiger charge is -2.39. The molecule has 1 fully saturated rings. The molecule has 0 radical (unpaired) electrons. The van der Waals surface area contributed by atoms with Gasteiger partial charge in [0.2, 0.25) is 0 Å². The summed E-state index contributed by atoms with van der Waals surface area (Å²) in [6.45, 7) is 3.97. The van der Waals surface area contributed by atoms with Crippen LogP contribution in [-0.4, -0.2) is 32.4 Å². The molecule has 0 unspecified atom stereocenters. The maximum Gasteiger partial charge on any atom is 0.264 e. The summed E-state index contributed by atoms with van der Waals surface area (Å²) in [6, 6.07) is 18.7. The van der Waals surface area contributed by atoms with Crippen LogP contribution in [0.4, 0.5) is 14.5 Å². The predicted molar refractivity (Wildman–Crippen MR) is 122 cm³/mol. The number of nitrogens with zero attached hydrogens (tertiary/aromatic N) is 2. The van der Waals surface area contributed by atoms with E-state index in [1.54, 1.807) is 6.07 Å². The number of aryl methyl sites for hydroxylation is 1. The Bertz CT molecular complexity index is 1160. The summed E-state index contributed by atoms with van der Waals surface area (Å²) in [5, 5.41) is 0. The second kappa shape index (κ2) is 9.38. The molecule has 7 heteroatoms. The Morgan fingerprint density at radius 2 is 1.56 bits per heavy atom. The van der Waals surface area contributed by atoms with Gasteiger partial charge in [-0.1, -0.05) is 29.8 Å². The van der Waals surface area contributed by atoms with Crippen molar-refractivity contribution in [1.82, 2.24) is 4.90 Å². The van der Waals surface area contributed by atoms with E-state index in [2.05, 4.69) is 4.90 Å². The Kier molecular flexibility index (Phi) is 6.58. The molecular formula is C25H26F2N2O2S. The van der Waals surface area contributed by atoms with E-state index < -0.39 is 15.8 Å². The lowest BCUT2D eigenvalue weighted by Crippen LogP contribution is -2.47. The molecule has 1 aliphatic heterocycles. The van der Waals surface area contributed by atoms with Crippen LogP contribution in [0.3, 0.4) is 0 Å². The van der Waals surface area contributed by atoms with Gasteiger partial charge in [0.15, 0.2) is 0 Å². The average molecular weight is 457 g/mol. The molecular weight excluding hydrogens is 430 g/mol. The van der Waals surface area contributed by atoms with Gasteiger partial charge in [-0.2, -0.15) is 0 Å². The molecule has 0 saturated carbocycles. The summed E-state index contributed by atoms with van der Waals surface area (Å²) in [7, 11) is -3.87.